The fraction of sp³-hybridized carbons (Fsp3) is 0.900. The fourth-order valence-corrected chi connectivity index (χ4v) is 11.2. The molecule has 5 fully saturated rings. The van der Waals surface area contributed by atoms with Crippen LogP contribution in [0.1, 0.15) is 106 Å². The molecule has 0 aromatic carbocycles. The molecule has 10 atom stereocenters. The lowest BCUT2D eigenvalue weighted by Crippen LogP contribution is -2.69. The number of aliphatic hydroxyl groups excluding tert-OH is 1. The second-order valence-corrected chi connectivity index (χ2v) is 14.6. The summed E-state index contributed by atoms with van der Waals surface area (Å²) in [5.41, 5.74) is 1.99. The summed E-state index contributed by atoms with van der Waals surface area (Å²) in [7, 11) is 0. The molecule has 5 rings (SSSR count). The molecule has 0 spiro atoms. The molecular weight excluding hydrogens is 392 g/mol. The van der Waals surface area contributed by atoms with Crippen LogP contribution in [0.3, 0.4) is 0 Å². The molecule has 2 nitrogen and oxygen atoms in total. The molecule has 0 aromatic heterocycles. The van der Waals surface area contributed by atoms with Crippen LogP contribution in [0.5, 0.6) is 0 Å². The Hall–Kier alpha value is -0.630. The van der Waals surface area contributed by atoms with E-state index in [1.165, 1.54) is 50.5 Å². The number of carbonyl (C=O) groups is 1. The van der Waals surface area contributed by atoms with Gasteiger partial charge in [-0.3, -0.25) is 4.79 Å². The molecule has 0 saturated heterocycles. The van der Waals surface area contributed by atoms with E-state index in [0.717, 1.165) is 18.3 Å². The zero-order valence-corrected chi connectivity index (χ0v) is 21.9. The van der Waals surface area contributed by atoms with Crippen LogP contribution in [0.15, 0.2) is 12.2 Å². The first-order valence-electron chi connectivity index (χ1n) is 13.6. The highest BCUT2D eigenvalue weighted by molar-refractivity contribution is 5.86. The number of hydrogen-bond acceptors (Lipinski definition) is 2. The summed E-state index contributed by atoms with van der Waals surface area (Å²) in [6.07, 6.45) is 10.1. The minimum atomic E-state index is -0.485. The van der Waals surface area contributed by atoms with Crippen LogP contribution in [0.2, 0.25) is 0 Å². The second-order valence-electron chi connectivity index (χ2n) is 14.6. The lowest BCUT2D eigenvalue weighted by Gasteiger charge is -2.72. The van der Waals surface area contributed by atoms with Gasteiger partial charge in [0.25, 0.3) is 0 Å². The highest BCUT2D eigenvalue weighted by atomic mass is 16.3. The normalized spacial score (nSPS) is 56.6. The number of carbonyl (C=O) groups excluding carboxylic acids is 1. The molecular formula is C30H48O2. The fourth-order valence-electron chi connectivity index (χ4n) is 11.2. The van der Waals surface area contributed by atoms with E-state index in [0.29, 0.717) is 35.0 Å². The first-order valence-corrected chi connectivity index (χ1v) is 13.6. The van der Waals surface area contributed by atoms with Crippen molar-refractivity contribution in [2.45, 2.75) is 112 Å². The summed E-state index contributed by atoms with van der Waals surface area (Å²) >= 11 is 0. The molecule has 0 bridgehead atoms. The highest BCUT2D eigenvalue weighted by Gasteiger charge is 2.71. The third kappa shape index (κ3) is 2.55. The van der Waals surface area contributed by atoms with Crippen LogP contribution in [0.25, 0.3) is 0 Å². The van der Waals surface area contributed by atoms with Crippen molar-refractivity contribution in [3.8, 4) is 0 Å². The maximum absolute atomic E-state index is 12.9. The lowest BCUT2D eigenvalue weighted by atomic mass is 9.32. The van der Waals surface area contributed by atoms with Gasteiger partial charge < -0.3 is 5.11 Å². The van der Waals surface area contributed by atoms with Crippen LogP contribution in [0, 0.1) is 56.7 Å². The van der Waals surface area contributed by atoms with Crippen molar-refractivity contribution < 1.29 is 9.90 Å². The summed E-state index contributed by atoms with van der Waals surface area (Å²) in [6.45, 7) is 21.3. The van der Waals surface area contributed by atoms with Gasteiger partial charge in [-0.2, -0.15) is 0 Å². The van der Waals surface area contributed by atoms with E-state index < -0.39 is 6.10 Å². The standard InChI is InChI=1S/C30H48O2/c1-18(2)19-11-13-27(5)15-16-28(6)20(25(19)27)9-10-22-29(28,7)14-12-21-26(3,4)23(31)17-24(32)30(21,22)8/h19-22,24-25,32H,1,9-17H2,2-8H3. The van der Waals surface area contributed by atoms with E-state index in [1.54, 1.807) is 0 Å². The van der Waals surface area contributed by atoms with E-state index in [4.69, 9.17) is 0 Å². The number of hydrogen-bond donors (Lipinski definition) is 1. The molecule has 0 amide bonds. The van der Waals surface area contributed by atoms with E-state index in [2.05, 4.69) is 55.0 Å². The third-order valence-corrected chi connectivity index (χ3v) is 13.3. The van der Waals surface area contributed by atoms with Gasteiger partial charge in [0.15, 0.2) is 0 Å². The van der Waals surface area contributed by atoms with Crippen molar-refractivity contribution in [3.63, 3.8) is 0 Å². The number of fused-ring (bicyclic) bond motifs is 7. The molecule has 2 heteroatoms. The van der Waals surface area contributed by atoms with Gasteiger partial charge in [0.1, 0.15) is 5.78 Å². The quantitative estimate of drug-likeness (QED) is 0.438. The van der Waals surface area contributed by atoms with Crippen LogP contribution in [0.4, 0.5) is 0 Å². The van der Waals surface area contributed by atoms with Gasteiger partial charge in [-0.15, -0.1) is 0 Å². The van der Waals surface area contributed by atoms with E-state index in [-0.39, 0.29) is 22.0 Å². The van der Waals surface area contributed by atoms with Crippen LogP contribution >= 0.6 is 0 Å². The number of aliphatic hydroxyl groups is 1. The molecule has 5 saturated carbocycles. The van der Waals surface area contributed by atoms with Crippen molar-refractivity contribution >= 4 is 5.78 Å². The van der Waals surface area contributed by atoms with E-state index in [1.807, 2.05) is 0 Å². The zero-order chi connectivity index (χ0) is 23.5. The van der Waals surface area contributed by atoms with Gasteiger partial charge in [-0.25, -0.2) is 0 Å². The van der Waals surface area contributed by atoms with Crippen molar-refractivity contribution in [1.29, 1.82) is 0 Å². The molecule has 0 aromatic rings. The summed E-state index contributed by atoms with van der Waals surface area (Å²) < 4.78 is 0. The van der Waals surface area contributed by atoms with Crippen molar-refractivity contribution in [2.24, 2.45) is 56.7 Å². The average molecular weight is 441 g/mol. The van der Waals surface area contributed by atoms with Crippen molar-refractivity contribution in [2.75, 3.05) is 0 Å². The molecule has 0 aliphatic heterocycles. The number of rotatable bonds is 1. The molecule has 0 radical (unpaired) electrons. The lowest BCUT2D eigenvalue weighted by molar-refractivity contribution is -0.254. The molecule has 180 valence electrons. The summed E-state index contributed by atoms with van der Waals surface area (Å²) in [5, 5.41) is 11.5. The number of ketones is 1. The van der Waals surface area contributed by atoms with Gasteiger partial charge in [0, 0.05) is 17.3 Å². The van der Waals surface area contributed by atoms with Gasteiger partial charge in [-0.1, -0.05) is 53.7 Å². The smallest absolute Gasteiger partial charge is 0.141 e. The van der Waals surface area contributed by atoms with Crippen molar-refractivity contribution in [3.05, 3.63) is 12.2 Å². The zero-order valence-electron chi connectivity index (χ0n) is 21.9. The first kappa shape index (κ1) is 23.1. The Morgan fingerprint density at radius 3 is 2.22 bits per heavy atom. The molecule has 32 heavy (non-hydrogen) atoms. The van der Waals surface area contributed by atoms with Gasteiger partial charge in [-0.05, 0) is 104 Å². The Bertz CT molecular complexity index is 842. The summed E-state index contributed by atoms with van der Waals surface area (Å²) in [6, 6.07) is 0. The van der Waals surface area contributed by atoms with E-state index in [9.17, 15) is 9.90 Å². The first-order chi connectivity index (χ1) is 14.7. The minimum Gasteiger partial charge on any atom is -0.392 e. The average Bonchev–Trinajstić information content (AvgIpc) is 3.05. The third-order valence-electron chi connectivity index (χ3n) is 13.3. The monoisotopic (exact) mass is 440 g/mol. The maximum atomic E-state index is 12.9. The molecule has 1 N–H and O–H groups in total. The topological polar surface area (TPSA) is 37.3 Å². The summed E-state index contributed by atoms with van der Waals surface area (Å²) in [5.74, 6) is 3.31. The van der Waals surface area contributed by atoms with Crippen LogP contribution in [-0.4, -0.2) is 17.0 Å². The van der Waals surface area contributed by atoms with E-state index >= 15 is 0 Å². The minimum absolute atomic E-state index is 0.150. The predicted octanol–water partition coefficient (Wildman–Crippen LogP) is 7.20. The Kier molecular flexibility index (Phi) is 4.87. The maximum Gasteiger partial charge on any atom is 0.141 e. The van der Waals surface area contributed by atoms with Gasteiger partial charge in [0.05, 0.1) is 6.10 Å². The van der Waals surface area contributed by atoms with Gasteiger partial charge >= 0.3 is 0 Å². The Morgan fingerprint density at radius 2 is 1.56 bits per heavy atom. The SMILES string of the molecule is C=C(C)C1CCC2(C)CCC3(C)C(CCC4C5(C)C(O)CC(=O)C(C)(C)C5CCC43C)C12. The van der Waals surface area contributed by atoms with Gasteiger partial charge in [0.2, 0.25) is 0 Å². The van der Waals surface area contributed by atoms with Crippen molar-refractivity contribution in [1.82, 2.24) is 0 Å². The Balaban J connectivity index is 1.57. The Morgan fingerprint density at radius 1 is 0.875 bits per heavy atom. The predicted molar refractivity (Wildman–Crippen MR) is 131 cm³/mol. The molecule has 0 heterocycles. The van der Waals surface area contributed by atoms with Crippen LogP contribution in [-0.2, 0) is 4.79 Å². The molecule has 10 unspecified atom stereocenters. The molecule has 5 aliphatic rings. The molecule has 5 aliphatic carbocycles. The highest BCUT2D eigenvalue weighted by Crippen LogP contribution is 2.77. The van der Waals surface area contributed by atoms with Crippen LogP contribution < -0.4 is 0 Å². The largest absolute Gasteiger partial charge is 0.392 e. The number of allylic oxidation sites excluding steroid dienone is 1. The Labute approximate surface area is 197 Å². The summed E-state index contributed by atoms with van der Waals surface area (Å²) in [4.78, 5) is 12.9. The second kappa shape index (κ2) is 6.73. The number of Topliss-reactive ketones (excluding diaryl/α,β-unsaturated/α-hetero) is 1.